The fraction of sp³-hybridized carbons (Fsp3) is 0.815. The van der Waals surface area contributed by atoms with Crippen molar-refractivity contribution in [2.45, 2.75) is 130 Å². The molecule has 4 heteroatoms. The van der Waals surface area contributed by atoms with Gasteiger partial charge in [-0.05, 0) is 0 Å². The van der Waals surface area contributed by atoms with E-state index in [9.17, 15) is 0 Å². The molecule has 0 spiro atoms. The Balaban J connectivity index is 4.20. The van der Waals surface area contributed by atoms with Gasteiger partial charge in [0.15, 0.2) is 0 Å². The summed E-state index contributed by atoms with van der Waals surface area (Å²) >= 11 is -1.79. The molecule has 0 saturated carbocycles. The van der Waals surface area contributed by atoms with Crippen LogP contribution in [0.4, 0.5) is 0 Å². The molecule has 1 heterocycles. The molecule has 1 aliphatic rings. The third-order valence-electron chi connectivity index (χ3n) is 8.78. The Hall–Kier alpha value is 0.127. The Morgan fingerprint density at radius 1 is 0.645 bits per heavy atom. The number of hydrogen-bond acceptors (Lipinski definition) is 1. The van der Waals surface area contributed by atoms with E-state index in [0.717, 1.165) is 33.2 Å². The zero-order valence-electron chi connectivity index (χ0n) is 23.6. The van der Waals surface area contributed by atoms with Crippen molar-refractivity contribution in [1.29, 1.82) is 0 Å². The van der Waals surface area contributed by atoms with Crippen LogP contribution in [0.15, 0.2) is 22.3 Å². The first kappa shape index (κ1) is 29.2. The minimum atomic E-state index is -1.79. The molecule has 1 nitrogen and oxygen atoms in total. The Morgan fingerprint density at radius 2 is 1.00 bits per heavy atom. The summed E-state index contributed by atoms with van der Waals surface area (Å²) in [5.74, 6) is 0. The van der Waals surface area contributed by atoms with Gasteiger partial charge in [0.25, 0.3) is 0 Å². The van der Waals surface area contributed by atoms with Gasteiger partial charge in [-0.1, -0.05) is 0 Å². The maximum atomic E-state index is 2.98. The van der Waals surface area contributed by atoms with Gasteiger partial charge in [0.05, 0.1) is 0 Å². The first-order chi connectivity index (χ1) is 14.3. The van der Waals surface area contributed by atoms with Crippen molar-refractivity contribution in [3.8, 4) is 0 Å². The zero-order chi connectivity index (χ0) is 24.3. The van der Waals surface area contributed by atoms with Crippen LogP contribution < -0.4 is 0 Å². The molecule has 0 radical (unpaired) electrons. The van der Waals surface area contributed by atoms with Crippen LogP contribution in [0.2, 0.25) is 33.2 Å². The molecular weight excluding hydrogens is 467 g/mol. The second-order valence-electron chi connectivity index (χ2n) is 11.7. The zero-order valence-corrected chi connectivity index (χ0v) is 27.7. The van der Waals surface area contributed by atoms with Crippen LogP contribution >= 0.6 is 0 Å². The molecule has 0 unspecified atom stereocenters. The average Bonchev–Trinajstić information content (AvgIpc) is 2.63. The van der Waals surface area contributed by atoms with E-state index < -0.39 is 30.3 Å². The molecule has 0 saturated heterocycles. The van der Waals surface area contributed by atoms with Gasteiger partial charge < -0.3 is 0 Å². The fourth-order valence-corrected chi connectivity index (χ4v) is 45.5. The summed E-state index contributed by atoms with van der Waals surface area (Å²) in [7, 11) is -3.33. The molecule has 0 aromatic rings. The monoisotopic (exact) mass is 523 g/mol. The molecule has 0 N–H and O–H groups in total. The van der Waals surface area contributed by atoms with E-state index in [0.29, 0.717) is 0 Å². The molecule has 0 fully saturated rings. The molecule has 0 aromatic heterocycles. The van der Waals surface area contributed by atoms with E-state index in [-0.39, 0.29) is 0 Å². The normalized spacial score (nSPS) is 16.1. The second kappa shape index (κ2) is 11.5. The molecule has 31 heavy (non-hydrogen) atoms. The number of allylic oxidation sites excluding steroid dienone is 3. The standard InChI is InChI=1S/C27H55GeNSi2/c1-15-29(16-2)28-26(30(20(3)4,21(5)6)22(7)8)18-17-19-27(28)31(23(9)10,24(11)12)25(13)14/h17-25H,15-16H2,1-14H3. The summed E-state index contributed by atoms with van der Waals surface area (Å²) in [6, 6.07) is 0. The van der Waals surface area contributed by atoms with Crippen molar-refractivity contribution < 1.29 is 0 Å². The molecule has 180 valence electrons. The minimum absolute atomic E-state index is 0.790. The first-order valence-corrected chi connectivity index (χ1v) is 20.7. The van der Waals surface area contributed by atoms with Crippen molar-refractivity contribution in [2.75, 3.05) is 13.1 Å². The van der Waals surface area contributed by atoms with Crippen LogP contribution in [0.5, 0.6) is 0 Å². The van der Waals surface area contributed by atoms with Crippen molar-refractivity contribution in [3.63, 3.8) is 0 Å². The molecule has 0 aliphatic carbocycles. The van der Waals surface area contributed by atoms with Gasteiger partial charge in [-0.3, -0.25) is 0 Å². The van der Waals surface area contributed by atoms with Crippen molar-refractivity contribution in [1.82, 2.24) is 3.86 Å². The number of hydrogen-bond donors (Lipinski definition) is 0. The molecule has 0 aromatic carbocycles. The second-order valence-corrected chi connectivity index (χ2v) is 30.6. The van der Waals surface area contributed by atoms with E-state index in [1.165, 1.54) is 13.1 Å². The third-order valence-corrected chi connectivity index (χ3v) is 35.9. The van der Waals surface area contributed by atoms with Crippen molar-refractivity contribution >= 4 is 34.3 Å². The van der Waals surface area contributed by atoms with Crippen LogP contribution in [0.3, 0.4) is 0 Å². The first-order valence-electron chi connectivity index (χ1n) is 13.2. The summed E-state index contributed by atoms with van der Waals surface area (Å²) in [5.41, 5.74) is 4.74. The molecule has 1 aliphatic heterocycles. The maximum absolute atomic E-state index is 2.98. The van der Waals surface area contributed by atoms with Gasteiger partial charge in [-0.25, -0.2) is 0 Å². The van der Waals surface area contributed by atoms with Gasteiger partial charge in [0.2, 0.25) is 0 Å². The quantitative estimate of drug-likeness (QED) is 0.246. The van der Waals surface area contributed by atoms with Crippen molar-refractivity contribution in [2.24, 2.45) is 0 Å². The SMILES string of the molecule is CC[N](CC)[Ge]1=[C]([Si](C(C)C)(C(C)C)C(C)C)C=CC=[C]1[Si](C(C)C)(C(C)C)C(C)C. The summed E-state index contributed by atoms with van der Waals surface area (Å²) in [5, 5.41) is 0. The van der Waals surface area contributed by atoms with Gasteiger partial charge in [0.1, 0.15) is 0 Å². The van der Waals surface area contributed by atoms with Crippen LogP contribution in [-0.4, -0.2) is 51.2 Å². The predicted octanol–water partition coefficient (Wildman–Crippen LogP) is 8.55. The molecule has 0 bridgehead atoms. The van der Waals surface area contributed by atoms with Gasteiger partial charge >= 0.3 is 204 Å². The average molecular weight is 523 g/mol. The molecule has 0 amide bonds. The topological polar surface area (TPSA) is 3.24 Å². The van der Waals surface area contributed by atoms with Gasteiger partial charge in [-0.2, -0.15) is 0 Å². The van der Waals surface area contributed by atoms with Crippen LogP contribution in [0, 0.1) is 0 Å². The van der Waals surface area contributed by atoms with Crippen LogP contribution in [0.25, 0.3) is 0 Å². The summed E-state index contributed by atoms with van der Waals surface area (Å²) in [4.78, 5) is 0. The summed E-state index contributed by atoms with van der Waals surface area (Å²) in [6.45, 7) is 37.9. The van der Waals surface area contributed by atoms with E-state index in [4.69, 9.17) is 0 Å². The Labute approximate surface area is 203 Å². The van der Waals surface area contributed by atoms with E-state index in [1.54, 1.807) is 0 Å². The Bertz CT molecular complexity index is 636. The molecular formula is C27H55GeNSi2. The summed E-state index contributed by atoms with van der Waals surface area (Å²) < 4.78 is 6.99. The van der Waals surface area contributed by atoms with E-state index in [1.807, 2.05) is 8.00 Å². The van der Waals surface area contributed by atoms with E-state index >= 15 is 0 Å². The Morgan fingerprint density at radius 3 is 1.29 bits per heavy atom. The Kier molecular flexibility index (Phi) is 10.8. The van der Waals surface area contributed by atoms with Gasteiger partial charge in [-0.15, -0.1) is 0 Å². The third kappa shape index (κ3) is 4.85. The predicted molar refractivity (Wildman–Crippen MR) is 153 cm³/mol. The molecule has 0 atom stereocenters. The van der Waals surface area contributed by atoms with Gasteiger partial charge in [0, 0.05) is 0 Å². The fourth-order valence-electron chi connectivity index (χ4n) is 7.99. The van der Waals surface area contributed by atoms with Crippen LogP contribution in [-0.2, 0) is 0 Å². The van der Waals surface area contributed by atoms with Crippen LogP contribution in [0.1, 0.15) is 96.9 Å². The van der Waals surface area contributed by atoms with E-state index in [2.05, 4.69) is 119 Å². The number of nitrogens with zero attached hydrogens (tertiary/aromatic N) is 1. The molecule has 1 rings (SSSR count). The summed E-state index contributed by atoms with van der Waals surface area (Å²) in [6.07, 6.45) is 7.85. The van der Waals surface area contributed by atoms with Crippen molar-refractivity contribution in [3.05, 3.63) is 22.3 Å². The number of rotatable bonds is 11.